The number of rotatable bonds is 5. The molecule has 0 aliphatic heterocycles. The van der Waals surface area contributed by atoms with Gasteiger partial charge in [-0.05, 0) is 19.8 Å². The fraction of sp³-hybridized carbons (Fsp3) is 0.500. The van der Waals surface area contributed by atoms with Crippen LogP contribution in [0.4, 0.5) is 0 Å². The Morgan fingerprint density at radius 1 is 1.21 bits per heavy atom. The van der Waals surface area contributed by atoms with Crippen LogP contribution < -0.4 is 5.32 Å². The third-order valence-electron chi connectivity index (χ3n) is 4.37. The molecule has 0 unspecified atom stereocenters. The van der Waals surface area contributed by atoms with Gasteiger partial charge in [-0.2, -0.15) is 0 Å². The molecule has 1 aromatic carbocycles. The number of carbonyl (C=O) groups is 1. The minimum atomic E-state index is -0.201. The second-order valence-corrected chi connectivity index (χ2v) is 7.60. The highest BCUT2D eigenvalue weighted by Crippen LogP contribution is 2.23. The highest BCUT2D eigenvalue weighted by molar-refractivity contribution is 8.00. The van der Waals surface area contributed by atoms with Gasteiger partial charge in [0, 0.05) is 11.6 Å². The van der Waals surface area contributed by atoms with Gasteiger partial charge in [0.2, 0.25) is 11.1 Å². The Balaban J connectivity index is 1.55. The van der Waals surface area contributed by atoms with E-state index in [0.29, 0.717) is 11.2 Å². The van der Waals surface area contributed by atoms with E-state index in [4.69, 9.17) is 0 Å². The van der Waals surface area contributed by atoms with Crippen LogP contribution in [0, 0.1) is 0 Å². The van der Waals surface area contributed by atoms with Gasteiger partial charge in [-0.25, -0.2) is 4.98 Å². The number of amides is 1. The summed E-state index contributed by atoms with van der Waals surface area (Å²) in [7, 11) is 0. The molecule has 2 aromatic rings. The van der Waals surface area contributed by atoms with Crippen molar-refractivity contribution in [1.82, 2.24) is 20.5 Å². The number of thioether (sulfide) groups is 1. The normalized spacial score (nSPS) is 17.2. The van der Waals surface area contributed by atoms with Gasteiger partial charge in [0.1, 0.15) is 0 Å². The first-order valence-electron chi connectivity index (χ1n) is 8.67. The zero-order valence-corrected chi connectivity index (χ0v) is 14.8. The molecule has 2 N–H and O–H groups in total. The SMILES string of the molecule is C[C@@H](Sc1n[nH]c(-c2ccccc2)n1)C(=O)NC1CCCCCC1. The monoisotopic (exact) mass is 344 g/mol. The zero-order valence-electron chi connectivity index (χ0n) is 14.0. The maximum atomic E-state index is 12.4. The molecule has 128 valence electrons. The molecule has 1 aliphatic carbocycles. The molecule has 5 nitrogen and oxygen atoms in total. The molecular weight excluding hydrogens is 320 g/mol. The van der Waals surface area contributed by atoms with E-state index in [1.54, 1.807) is 0 Å². The first-order chi connectivity index (χ1) is 11.7. The van der Waals surface area contributed by atoms with Crippen molar-refractivity contribution >= 4 is 17.7 Å². The first kappa shape index (κ1) is 17.0. The lowest BCUT2D eigenvalue weighted by Crippen LogP contribution is -2.39. The van der Waals surface area contributed by atoms with Gasteiger partial charge in [0.25, 0.3) is 0 Å². The molecular formula is C18H24N4OS. The number of benzene rings is 1. The minimum absolute atomic E-state index is 0.0814. The van der Waals surface area contributed by atoms with Crippen molar-refractivity contribution in [3.05, 3.63) is 30.3 Å². The number of aromatic amines is 1. The average Bonchev–Trinajstić information content (AvgIpc) is 2.91. The smallest absolute Gasteiger partial charge is 0.233 e. The Morgan fingerprint density at radius 3 is 2.62 bits per heavy atom. The first-order valence-corrected chi connectivity index (χ1v) is 9.55. The number of carbonyl (C=O) groups excluding carboxylic acids is 1. The van der Waals surface area contributed by atoms with Crippen LogP contribution in [0.1, 0.15) is 45.4 Å². The number of nitrogens with one attached hydrogen (secondary N) is 2. The van der Waals surface area contributed by atoms with E-state index in [0.717, 1.165) is 24.2 Å². The second kappa shape index (κ2) is 8.33. The third-order valence-corrected chi connectivity index (χ3v) is 5.33. The molecule has 0 saturated heterocycles. The summed E-state index contributed by atoms with van der Waals surface area (Å²) in [6.45, 7) is 1.91. The summed E-state index contributed by atoms with van der Waals surface area (Å²) in [5.74, 6) is 0.812. The lowest BCUT2D eigenvalue weighted by molar-refractivity contribution is -0.121. The topological polar surface area (TPSA) is 70.7 Å². The summed E-state index contributed by atoms with van der Waals surface area (Å²) < 4.78 is 0. The standard InChI is InChI=1S/C18H24N4OS/c1-13(17(23)19-15-11-7-2-3-8-12-15)24-18-20-16(21-22-18)14-9-5-4-6-10-14/h4-6,9-10,13,15H,2-3,7-8,11-12H2,1H3,(H,19,23)(H,20,21,22)/t13-/m1/s1. The van der Waals surface area contributed by atoms with Crippen molar-refractivity contribution in [2.75, 3.05) is 0 Å². The Morgan fingerprint density at radius 2 is 1.92 bits per heavy atom. The van der Waals surface area contributed by atoms with Crippen LogP contribution in [-0.2, 0) is 4.79 Å². The van der Waals surface area contributed by atoms with E-state index in [-0.39, 0.29) is 11.2 Å². The molecule has 1 saturated carbocycles. The molecule has 24 heavy (non-hydrogen) atoms. The van der Waals surface area contributed by atoms with Gasteiger partial charge < -0.3 is 5.32 Å². The summed E-state index contributed by atoms with van der Waals surface area (Å²) in [6.07, 6.45) is 7.21. The van der Waals surface area contributed by atoms with E-state index in [1.165, 1.54) is 37.4 Å². The Bertz CT molecular complexity index is 650. The number of hydrogen-bond acceptors (Lipinski definition) is 4. The molecule has 1 atom stereocenters. The predicted molar refractivity (Wildman–Crippen MR) is 96.8 cm³/mol. The molecule has 1 fully saturated rings. The lowest BCUT2D eigenvalue weighted by Gasteiger charge is -2.18. The van der Waals surface area contributed by atoms with Crippen molar-refractivity contribution in [3.63, 3.8) is 0 Å². The Kier molecular flexibility index (Phi) is 5.91. The van der Waals surface area contributed by atoms with Crippen molar-refractivity contribution < 1.29 is 4.79 Å². The maximum Gasteiger partial charge on any atom is 0.233 e. The van der Waals surface area contributed by atoms with E-state index in [1.807, 2.05) is 37.3 Å². The average molecular weight is 344 g/mol. The van der Waals surface area contributed by atoms with Crippen LogP contribution >= 0.6 is 11.8 Å². The van der Waals surface area contributed by atoms with E-state index in [9.17, 15) is 4.79 Å². The molecule has 1 aromatic heterocycles. The minimum Gasteiger partial charge on any atom is -0.352 e. The third kappa shape index (κ3) is 4.60. The summed E-state index contributed by atoms with van der Waals surface area (Å²) in [5.41, 5.74) is 0.993. The van der Waals surface area contributed by atoms with Crippen molar-refractivity contribution in [3.8, 4) is 11.4 Å². The van der Waals surface area contributed by atoms with Crippen LogP contribution in [0.5, 0.6) is 0 Å². The summed E-state index contributed by atoms with van der Waals surface area (Å²) in [4.78, 5) is 16.9. The Labute approximate surface area is 147 Å². The number of hydrogen-bond donors (Lipinski definition) is 2. The van der Waals surface area contributed by atoms with Crippen LogP contribution in [0.3, 0.4) is 0 Å². The van der Waals surface area contributed by atoms with E-state index in [2.05, 4.69) is 20.5 Å². The predicted octanol–water partition coefficient (Wildman–Crippen LogP) is 3.79. The highest BCUT2D eigenvalue weighted by atomic mass is 32.2. The van der Waals surface area contributed by atoms with E-state index >= 15 is 0 Å². The number of aromatic nitrogens is 3. The van der Waals surface area contributed by atoms with Gasteiger partial charge in [0.15, 0.2) is 5.82 Å². The summed E-state index contributed by atoms with van der Waals surface area (Å²) >= 11 is 1.40. The van der Waals surface area contributed by atoms with Gasteiger partial charge in [-0.15, -0.1) is 5.10 Å². The molecule has 6 heteroatoms. The largest absolute Gasteiger partial charge is 0.352 e. The van der Waals surface area contributed by atoms with Crippen molar-refractivity contribution in [2.24, 2.45) is 0 Å². The van der Waals surface area contributed by atoms with Crippen molar-refractivity contribution in [2.45, 2.75) is 61.9 Å². The van der Waals surface area contributed by atoms with Crippen LogP contribution in [0.25, 0.3) is 11.4 Å². The van der Waals surface area contributed by atoms with Gasteiger partial charge in [0.05, 0.1) is 5.25 Å². The van der Waals surface area contributed by atoms with Crippen LogP contribution in [0.15, 0.2) is 35.5 Å². The summed E-state index contributed by atoms with van der Waals surface area (Å²) in [6, 6.07) is 10.2. The molecule has 1 amide bonds. The number of nitrogens with zero attached hydrogens (tertiary/aromatic N) is 2. The molecule has 0 bridgehead atoms. The molecule has 0 spiro atoms. The number of H-pyrrole nitrogens is 1. The fourth-order valence-corrected chi connectivity index (χ4v) is 3.71. The maximum absolute atomic E-state index is 12.4. The highest BCUT2D eigenvalue weighted by Gasteiger charge is 2.21. The Hall–Kier alpha value is -1.82. The second-order valence-electron chi connectivity index (χ2n) is 6.29. The molecule has 0 radical (unpaired) electrons. The van der Waals surface area contributed by atoms with Crippen LogP contribution in [-0.4, -0.2) is 32.4 Å². The van der Waals surface area contributed by atoms with Gasteiger partial charge in [-0.1, -0.05) is 67.8 Å². The van der Waals surface area contributed by atoms with Crippen LogP contribution in [0.2, 0.25) is 0 Å². The molecule has 1 aliphatic rings. The molecule has 3 rings (SSSR count). The fourth-order valence-electron chi connectivity index (χ4n) is 2.98. The quantitative estimate of drug-likeness (QED) is 0.639. The van der Waals surface area contributed by atoms with Gasteiger partial charge in [-0.3, -0.25) is 9.89 Å². The molecule has 1 heterocycles. The lowest BCUT2D eigenvalue weighted by atomic mass is 10.1. The summed E-state index contributed by atoms with van der Waals surface area (Å²) in [5, 5.41) is 10.8. The zero-order chi connectivity index (χ0) is 16.8. The van der Waals surface area contributed by atoms with Crippen molar-refractivity contribution in [1.29, 1.82) is 0 Å². The van der Waals surface area contributed by atoms with Gasteiger partial charge >= 0.3 is 0 Å². The van der Waals surface area contributed by atoms with E-state index < -0.39 is 0 Å².